The number of benzene rings is 2. The summed E-state index contributed by atoms with van der Waals surface area (Å²) in [5, 5.41) is 3.93. The average molecular weight is 484 g/mol. The minimum absolute atomic E-state index is 0.0332. The zero-order valence-corrected chi connectivity index (χ0v) is 17.8. The number of pyridine rings is 1. The third-order valence-corrected chi connectivity index (χ3v) is 4.73. The zero-order valence-electron chi connectivity index (χ0n) is 16.3. The largest absolute Gasteiger partial charge is 0.437 e. The van der Waals surface area contributed by atoms with Crippen molar-refractivity contribution >= 4 is 40.8 Å². The van der Waals surface area contributed by atoms with Crippen LogP contribution >= 0.6 is 23.2 Å². The summed E-state index contributed by atoms with van der Waals surface area (Å²) >= 11 is 11.7. The number of aryl methyl sites for hydroxylation is 1. The van der Waals surface area contributed by atoms with Crippen LogP contribution in [0.25, 0.3) is 0 Å². The Morgan fingerprint density at radius 3 is 2.38 bits per heavy atom. The smallest absolute Gasteiger partial charge is 0.419 e. The molecule has 0 aliphatic rings. The zero-order chi connectivity index (χ0) is 23.5. The van der Waals surface area contributed by atoms with Crippen molar-refractivity contribution in [3.8, 4) is 11.6 Å². The summed E-state index contributed by atoms with van der Waals surface area (Å²) in [5.74, 6) is -0.707. The summed E-state index contributed by atoms with van der Waals surface area (Å²) in [5.41, 5.74) is 0.214. The van der Waals surface area contributed by atoms with Crippen molar-refractivity contribution in [1.29, 1.82) is 0 Å². The van der Waals surface area contributed by atoms with Crippen molar-refractivity contribution in [3.63, 3.8) is 0 Å². The van der Waals surface area contributed by atoms with E-state index in [1.54, 1.807) is 31.2 Å². The summed E-state index contributed by atoms with van der Waals surface area (Å²) in [4.78, 5) is 27.9. The SMILES string of the molecule is Cc1ccccc1C(=O)NC(=O)Nc1ccc(Oc2ccc(C(F)(F)F)c(Cl)n2)c(Cl)c1. The number of hydrogen-bond acceptors (Lipinski definition) is 4. The molecule has 32 heavy (non-hydrogen) atoms. The Balaban J connectivity index is 1.66. The molecule has 0 bridgehead atoms. The first kappa shape index (κ1) is 23.4. The summed E-state index contributed by atoms with van der Waals surface area (Å²) in [7, 11) is 0. The number of halogens is 5. The van der Waals surface area contributed by atoms with Crippen LogP contribution in [0.1, 0.15) is 21.5 Å². The average Bonchev–Trinajstić information content (AvgIpc) is 2.69. The van der Waals surface area contributed by atoms with Gasteiger partial charge in [0.15, 0.2) is 0 Å². The standard InChI is InChI=1S/C21H14Cl2F3N3O3/c1-11-4-2-3-5-13(11)19(30)29-20(31)27-12-6-8-16(15(22)10-12)32-17-9-7-14(18(23)28-17)21(24,25)26/h2-10H,1H3,(H2,27,29,30,31). The predicted octanol–water partition coefficient (Wildman–Crippen LogP) is 6.47. The van der Waals surface area contributed by atoms with Crippen LogP contribution in [0.2, 0.25) is 10.2 Å². The van der Waals surface area contributed by atoms with Crippen LogP contribution in [0.4, 0.5) is 23.7 Å². The molecule has 1 aromatic heterocycles. The van der Waals surface area contributed by atoms with E-state index in [1.807, 2.05) is 0 Å². The second-order valence-corrected chi connectivity index (χ2v) is 7.22. The van der Waals surface area contributed by atoms with Crippen molar-refractivity contribution in [2.75, 3.05) is 5.32 Å². The molecule has 1 heterocycles. The molecule has 166 valence electrons. The number of anilines is 1. The third kappa shape index (κ3) is 5.68. The topological polar surface area (TPSA) is 80.3 Å². The fraction of sp³-hybridized carbons (Fsp3) is 0.0952. The van der Waals surface area contributed by atoms with Crippen LogP contribution < -0.4 is 15.4 Å². The maximum Gasteiger partial charge on any atom is 0.419 e. The predicted molar refractivity (Wildman–Crippen MR) is 113 cm³/mol. The number of ether oxygens (including phenoxy) is 1. The number of urea groups is 1. The molecule has 0 unspecified atom stereocenters. The quantitative estimate of drug-likeness (QED) is 0.416. The van der Waals surface area contributed by atoms with Crippen LogP contribution in [-0.4, -0.2) is 16.9 Å². The number of imide groups is 1. The summed E-state index contributed by atoms with van der Waals surface area (Å²) in [6.45, 7) is 1.74. The molecule has 0 saturated heterocycles. The van der Waals surface area contributed by atoms with E-state index in [-0.39, 0.29) is 22.3 Å². The second kappa shape index (κ2) is 9.46. The van der Waals surface area contributed by atoms with E-state index in [4.69, 9.17) is 27.9 Å². The van der Waals surface area contributed by atoms with Gasteiger partial charge in [-0.15, -0.1) is 0 Å². The van der Waals surface area contributed by atoms with E-state index in [0.717, 1.165) is 12.1 Å². The van der Waals surface area contributed by atoms with Gasteiger partial charge in [0, 0.05) is 17.3 Å². The van der Waals surface area contributed by atoms with Gasteiger partial charge in [0.2, 0.25) is 5.88 Å². The van der Waals surface area contributed by atoms with E-state index >= 15 is 0 Å². The number of rotatable bonds is 4. The molecule has 6 nitrogen and oxygen atoms in total. The first-order valence-electron chi connectivity index (χ1n) is 8.93. The Labute approximate surface area is 190 Å². The van der Waals surface area contributed by atoms with Gasteiger partial charge >= 0.3 is 12.2 Å². The highest BCUT2D eigenvalue weighted by molar-refractivity contribution is 6.32. The lowest BCUT2D eigenvalue weighted by Gasteiger charge is -2.12. The highest BCUT2D eigenvalue weighted by Crippen LogP contribution is 2.36. The van der Waals surface area contributed by atoms with Gasteiger partial charge in [0.25, 0.3) is 5.91 Å². The van der Waals surface area contributed by atoms with E-state index in [0.29, 0.717) is 11.1 Å². The Bertz CT molecular complexity index is 1190. The van der Waals surface area contributed by atoms with Gasteiger partial charge < -0.3 is 10.1 Å². The van der Waals surface area contributed by atoms with Gasteiger partial charge in [0.1, 0.15) is 10.9 Å². The van der Waals surface area contributed by atoms with Crippen LogP contribution in [0.3, 0.4) is 0 Å². The van der Waals surface area contributed by atoms with Crippen LogP contribution in [0, 0.1) is 6.92 Å². The Hall–Kier alpha value is -3.30. The molecule has 3 aromatic rings. The first-order chi connectivity index (χ1) is 15.0. The van der Waals surface area contributed by atoms with Crippen molar-refractivity contribution in [2.45, 2.75) is 13.1 Å². The minimum Gasteiger partial charge on any atom is -0.437 e. The Morgan fingerprint density at radius 1 is 1.03 bits per heavy atom. The number of nitrogens with zero attached hydrogens (tertiary/aromatic N) is 1. The summed E-state index contributed by atoms with van der Waals surface area (Å²) < 4.78 is 43.7. The number of nitrogens with one attached hydrogen (secondary N) is 2. The number of carbonyl (C=O) groups excluding carboxylic acids is 2. The van der Waals surface area contributed by atoms with E-state index in [1.165, 1.54) is 18.2 Å². The van der Waals surface area contributed by atoms with Crippen molar-refractivity contribution in [1.82, 2.24) is 10.3 Å². The molecule has 0 aliphatic heterocycles. The summed E-state index contributed by atoms with van der Waals surface area (Å²) in [6.07, 6.45) is -4.64. The lowest BCUT2D eigenvalue weighted by molar-refractivity contribution is -0.137. The van der Waals surface area contributed by atoms with E-state index < -0.39 is 28.8 Å². The maximum atomic E-state index is 12.8. The van der Waals surface area contributed by atoms with Crippen molar-refractivity contribution < 1.29 is 27.5 Å². The third-order valence-electron chi connectivity index (χ3n) is 4.15. The number of alkyl halides is 3. The highest BCUT2D eigenvalue weighted by Gasteiger charge is 2.34. The van der Waals surface area contributed by atoms with Gasteiger partial charge in [-0.25, -0.2) is 9.78 Å². The molecule has 0 atom stereocenters. The normalized spacial score (nSPS) is 11.1. The van der Waals surface area contributed by atoms with Gasteiger partial charge in [-0.1, -0.05) is 41.4 Å². The molecule has 0 radical (unpaired) electrons. The van der Waals surface area contributed by atoms with Gasteiger partial charge in [-0.05, 0) is 42.8 Å². The van der Waals surface area contributed by atoms with E-state index in [2.05, 4.69) is 15.6 Å². The number of aromatic nitrogens is 1. The molecule has 2 N–H and O–H groups in total. The van der Waals surface area contributed by atoms with Gasteiger partial charge in [0.05, 0.1) is 10.6 Å². The molecule has 3 rings (SSSR count). The van der Waals surface area contributed by atoms with Gasteiger partial charge in [-0.3, -0.25) is 10.1 Å². The molecule has 3 amide bonds. The fourth-order valence-corrected chi connectivity index (χ4v) is 3.09. The minimum atomic E-state index is -4.64. The Morgan fingerprint density at radius 2 is 1.75 bits per heavy atom. The van der Waals surface area contributed by atoms with Crippen LogP contribution in [-0.2, 0) is 6.18 Å². The van der Waals surface area contributed by atoms with Gasteiger partial charge in [-0.2, -0.15) is 13.2 Å². The van der Waals surface area contributed by atoms with Crippen molar-refractivity contribution in [2.24, 2.45) is 0 Å². The fourth-order valence-electron chi connectivity index (χ4n) is 2.62. The molecule has 0 spiro atoms. The van der Waals surface area contributed by atoms with Crippen LogP contribution in [0.15, 0.2) is 54.6 Å². The molecule has 0 fully saturated rings. The second-order valence-electron chi connectivity index (χ2n) is 6.46. The number of amides is 3. The lowest BCUT2D eigenvalue weighted by atomic mass is 10.1. The lowest BCUT2D eigenvalue weighted by Crippen LogP contribution is -2.34. The number of carbonyl (C=O) groups is 2. The molecule has 11 heteroatoms. The van der Waals surface area contributed by atoms with Crippen LogP contribution in [0.5, 0.6) is 11.6 Å². The van der Waals surface area contributed by atoms with E-state index in [9.17, 15) is 22.8 Å². The number of hydrogen-bond donors (Lipinski definition) is 2. The highest BCUT2D eigenvalue weighted by atomic mass is 35.5. The first-order valence-corrected chi connectivity index (χ1v) is 9.69. The molecular formula is C21H14Cl2F3N3O3. The molecule has 0 saturated carbocycles. The van der Waals surface area contributed by atoms with Crippen molar-refractivity contribution in [3.05, 3.63) is 81.5 Å². The molecule has 0 aliphatic carbocycles. The Kier molecular flexibility index (Phi) is 6.90. The molecular weight excluding hydrogens is 470 g/mol. The maximum absolute atomic E-state index is 12.8. The monoisotopic (exact) mass is 483 g/mol. The molecule has 2 aromatic carbocycles. The summed E-state index contributed by atoms with van der Waals surface area (Å²) in [6, 6.07) is 11.9.